The molecule has 1 heterocycles. The molecule has 7 heteroatoms. The predicted molar refractivity (Wildman–Crippen MR) is 73.8 cm³/mol. The summed E-state index contributed by atoms with van der Waals surface area (Å²) in [5.74, 6) is -1.15. The summed E-state index contributed by atoms with van der Waals surface area (Å²) in [7, 11) is 0. The number of carbonyl (C=O) groups is 1. The fraction of sp³-hybridized carbons (Fsp3) is 0.143. The maximum atomic E-state index is 11.1. The van der Waals surface area contributed by atoms with Crippen LogP contribution in [0.4, 0.5) is 5.69 Å². The van der Waals surface area contributed by atoms with Gasteiger partial charge in [-0.25, -0.2) is 9.78 Å². The molecule has 0 aliphatic rings. The smallest absolute Gasteiger partial charge is 0.354 e. The van der Waals surface area contributed by atoms with E-state index in [4.69, 9.17) is 9.84 Å². The highest BCUT2D eigenvalue weighted by Crippen LogP contribution is 2.35. The Kier molecular flexibility index (Phi) is 3.84. The molecular weight excluding hydrogens is 276 g/mol. The van der Waals surface area contributed by atoms with Crippen LogP contribution >= 0.6 is 0 Å². The minimum Gasteiger partial charge on any atom is -0.477 e. The fourth-order valence-electron chi connectivity index (χ4n) is 1.90. The molecule has 0 saturated heterocycles. The Morgan fingerprint density at radius 2 is 2.05 bits per heavy atom. The standard InChI is InChI=1S/C14H12N2O5/c1-8-6-9(2)13(11(7-8)16(19)20)21-12-5-3-4-10(15-12)14(17)18/h3-7H,1-2H3,(H,17,18). The van der Waals surface area contributed by atoms with E-state index in [1.54, 1.807) is 19.9 Å². The lowest BCUT2D eigenvalue weighted by molar-refractivity contribution is -0.385. The van der Waals surface area contributed by atoms with Crippen molar-refractivity contribution in [2.45, 2.75) is 13.8 Å². The highest BCUT2D eigenvalue weighted by Gasteiger charge is 2.20. The molecule has 21 heavy (non-hydrogen) atoms. The number of nitro groups is 1. The first-order valence-electron chi connectivity index (χ1n) is 6.02. The molecule has 1 N–H and O–H groups in total. The van der Waals surface area contributed by atoms with Gasteiger partial charge in [-0.15, -0.1) is 0 Å². The van der Waals surface area contributed by atoms with E-state index in [1.165, 1.54) is 24.3 Å². The lowest BCUT2D eigenvalue weighted by Crippen LogP contribution is -2.02. The van der Waals surface area contributed by atoms with Crippen molar-refractivity contribution in [3.05, 3.63) is 57.3 Å². The fourth-order valence-corrected chi connectivity index (χ4v) is 1.90. The number of benzene rings is 1. The number of hydrogen-bond acceptors (Lipinski definition) is 5. The average molecular weight is 288 g/mol. The number of aromatic carboxylic acids is 1. The third kappa shape index (κ3) is 3.14. The van der Waals surface area contributed by atoms with Gasteiger partial charge in [0.2, 0.25) is 11.6 Å². The second kappa shape index (κ2) is 5.58. The average Bonchev–Trinajstić information content (AvgIpc) is 2.41. The minimum absolute atomic E-state index is 0.00930. The highest BCUT2D eigenvalue weighted by atomic mass is 16.6. The largest absolute Gasteiger partial charge is 0.477 e. The SMILES string of the molecule is Cc1cc(C)c(Oc2cccc(C(=O)O)n2)c([N+](=O)[O-])c1. The molecule has 1 aromatic carbocycles. The number of hydrogen-bond donors (Lipinski definition) is 1. The van der Waals surface area contributed by atoms with Gasteiger partial charge in [0.1, 0.15) is 0 Å². The predicted octanol–water partition coefficient (Wildman–Crippen LogP) is 3.10. The van der Waals surface area contributed by atoms with E-state index in [2.05, 4.69) is 4.98 Å². The summed E-state index contributed by atoms with van der Waals surface area (Å²) in [6.45, 7) is 3.42. The third-order valence-electron chi connectivity index (χ3n) is 2.75. The highest BCUT2D eigenvalue weighted by molar-refractivity contribution is 5.85. The van der Waals surface area contributed by atoms with Gasteiger partial charge in [0.05, 0.1) is 4.92 Å². The number of aromatic nitrogens is 1. The van der Waals surface area contributed by atoms with Crippen LogP contribution in [0, 0.1) is 24.0 Å². The van der Waals surface area contributed by atoms with Crippen molar-refractivity contribution in [2.24, 2.45) is 0 Å². The normalized spacial score (nSPS) is 10.2. The first-order valence-corrected chi connectivity index (χ1v) is 6.02. The first kappa shape index (κ1) is 14.4. The molecule has 2 rings (SSSR count). The van der Waals surface area contributed by atoms with Crippen LogP contribution in [0.3, 0.4) is 0 Å². The van der Waals surface area contributed by atoms with Crippen LogP contribution in [0.2, 0.25) is 0 Å². The molecule has 2 aromatic rings. The van der Waals surface area contributed by atoms with Crippen LogP contribution < -0.4 is 4.74 Å². The van der Waals surface area contributed by atoms with E-state index in [0.717, 1.165) is 5.56 Å². The van der Waals surface area contributed by atoms with Gasteiger partial charge in [0.15, 0.2) is 5.69 Å². The van der Waals surface area contributed by atoms with Crippen molar-refractivity contribution in [2.75, 3.05) is 0 Å². The summed E-state index contributed by atoms with van der Waals surface area (Å²) in [6.07, 6.45) is 0. The van der Waals surface area contributed by atoms with E-state index in [1.807, 2.05) is 0 Å². The van der Waals surface area contributed by atoms with Gasteiger partial charge in [-0.05, 0) is 31.0 Å². The zero-order valence-electron chi connectivity index (χ0n) is 11.4. The maximum Gasteiger partial charge on any atom is 0.354 e. The summed E-state index contributed by atoms with van der Waals surface area (Å²) in [6, 6.07) is 7.34. The molecule has 0 atom stereocenters. The molecule has 0 amide bonds. The number of aryl methyl sites for hydroxylation is 2. The van der Waals surface area contributed by atoms with Crippen LogP contribution in [-0.2, 0) is 0 Å². The second-order valence-electron chi connectivity index (χ2n) is 4.46. The van der Waals surface area contributed by atoms with Crippen molar-refractivity contribution in [1.29, 1.82) is 0 Å². The number of pyridine rings is 1. The summed E-state index contributed by atoms with van der Waals surface area (Å²) < 4.78 is 5.43. The van der Waals surface area contributed by atoms with E-state index in [0.29, 0.717) is 5.56 Å². The number of nitro benzene ring substituents is 1. The van der Waals surface area contributed by atoms with Gasteiger partial charge in [-0.2, -0.15) is 0 Å². The van der Waals surface area contributed by atoms with Crippen molar-refractivity contribution in [1.82, 2.24) is 4.98 Å². The Morgan fingerprint density at radius 3 is 2.67 bits per heavy atom. The lowest BCUT2D eigenvalue weighted by atomic mass is 10.1. The van der Waals surface area contributed by atoms with Crippen LogP contribution in [0.15, 0.2) is 30.3 Å². The van der Waals surface area contributed by atoms with Crippen molar-refractivity contribution < 1.29 is 19.6 Å². The van der Waals surface area contributed by atoms with Crippen molar-refractivity contribution in [3.8, 4) is 11.6 Å². The molecule has 1 aromatic heterocycles. The molecule has 0 radical (unpaired) electrons. The molecular formula is C14H12N2O5. The Labute approximate surface area is 120 Å². The van der Waals surface area contributed by atoms with Gasteiger partial charge in [-0.3, -0.25) is 10.1 Å². The Balaban J connectivity index is 2.46. The van der Waals surface area contributed by atoms with Gasteiger partial charge >= 0.3 is 11.7 Å². The van der Waals surface area contributed by atoms with E-state index in [-0.39, 0.29) is 23.0 Å². The number of carboxylic acid groups (broad SMARTS) is 1. The lowest BCUT2D eigenvalue weighted by Gasteiger charge is -2.09. The van der Waals surface area contributed by atoms with Crippen LogP contribution in [0.5, 0.6) is 11.6 Å². The summed E-state index contributed by atoms with van der Waals surface area (Å²) >= 11 is 0. The van der Waals surface area contributed by atoms with Crippen LogP contribution in [0.25, 0.3) is 0 Å². The third-order valence-corrected chi connectivity index (χ3v) is 2.75. The van der Waals surface area contributed by atoms with Gasteiger partial charge < -0.3 is 9.84 Å². The minimum atomic E-state index is -1.20. The Bertz CT molecular complexity index is 727. The summed E-state index contributed by atoms with van der Waals surface area (Å²) in [4.78, 5) is 25.2. The summed E-state index contributed by atoms with van der Waals surface area (Å²) in [5.41, 5.74) is 0.929. The zero-order valence-corrected chi connectivity index (χ0v) is 11.4. The molecule has 0 saturated carbocycles. The summed E-state index contributed by atoms with van der Waals surface area (Å²) in [5, 5.41) is 20.0. The van der Waals surface area contributed by atoms with Gasteiger partial charge in [-0.1, -0.05) is 12.1 Å². The van der Waals surface area contributed by atoms with E-state index in [9.17, 15) is 14.9 Å². The maximum absolute atomic E-state index is 11.1. The Hall–Kier alpha value is -2.96. The molecule has 0 spiro atoms. The number of rotatable bonds is 4. The number of carboxylic acids is 1. The van der Waals surface area contributed by atoms with E-state index >= 15 is 0 Å². The molecule has 7 nitrogen and oxygen atoms in total. The molecule has 0 aliphatic carbocycles. The zero-order chi connectivity index (χ0) is 15.6. The van der Waals surface area contributed by atoms with Gasteiger partial charge in [0, 0.05) is 12.1 Å². The van der Waals surface area contributed by atoms with E-state index < -0.39 is 10.9 Å². The topological polar surface area (TPSA) is 103 Å². The van der Waals surface area contributed by atoms with Crippen molar-refractivity contribution in [3.63, 3.8) is 0 Å². The molecule has 0 fully saturated rings. The monoisotopic (exact) mass is 288 g/mol. The quantitative estimate of drug-likeness (QED) is 0.685. The molecule has 108 valence electrons. The van der Waals surface area contributed by atoms with Crippen LogP contribution in [-0.4, -0.2) is 21.0 Å². The number of ether oxygens (including phenoxy) is 1. The molecule has 0 unspecified atom stereocenters. The van der Waals surface area contributed by atoms with Crippen LogP contribution in [0.1, 0.15) is 21.6 Å². The Morgan fingerprint density at radius 1 is 1.33 bits per heavy atom. The number of nitrogens with zero attached hydrogens (tertiary/aromatic N) is 2. The second-order valence-corrected chi connectivity index (χ2v) is 4.46. The van der Waals surface area contributed by atoms with Crippen molar-refractivity contribution >= 4 is 11.7 Å². The molecule has 0 aliphatic heterocycles. The van der Waals surface area contributed by atoms with Gasteiger partial charge in [0.25, 0.3) is 0 Å². The molecule has 0 bridgehead atoms. The first-order chi connectivity index (χ1) is 9.88.